The Kier molecular flexibility index (Phi) is 9.72. The number of nitrogens with zero attached hydrogens (tertiary/aromatic N) is 3. The molecule has 152 valence electrons. The predicted octanol–water partition coefficient (Wildman–Crippen LogP) is 2.06. The van der Waals surface area contributed by atoms with Crippen LogP contribution in [0.25, 0.3) is 0 Å². The highest BCUT2D eigenvalue weighted by atomic mass is 16.5. The zero-order chi connectivity index (χ0) is 18.8. The molecular formula is C20H40N4O2. The summed E-state index contributed by atoms with van der Waals surface area (Å²) in [4.78, 5) is 10.1. The molecule has 6 nitrogen and oxygen atoms in total. The highest BCUT2D eigenvalue weighted by molar-refractivity contribution is 5.80. The first kappa shape index (κ1) is 21.5. The lowest BCUT2D eigenvalue weighted by atomic mass is 10.0. The summed E-state index contributed by atoms with van der Waals surface area (Å²) in [7, 11) is 1.71. The van der Waals surface area contributed by atoms with Crippen molar-refractivity contribution in [2.45, 2.75) is 46.1 Å². The highest BCUT2D eigenvalue weighted by Crippen LogP contribution is 2.19. The number of hydrogen-bond acceptors (Lipinski definition) is 4. The van der Waals surface area contributed by atoms with Crippen LogP contribution in [-0.2, 0) is 9.47 Å². The van der Waals surface area contributed by atoms with Gasteiger partial charge in [-0.1, -0.05) is 13.8 Å². The van der Waals surface area contributed by atoms with Crippen molar-refractivity contribution in [3.63, 3.8) is 0 Å². The Morgan fingerprint density at radius 2 is 1.96 bits per heavy atom. The van der Waals surface area contributed by atoms with Crippen LogP contribution in [-0.4, -0.2) is 88.0 Å². The summed E-state index contributed by atoms with van der Waals surface area (Å²) < 4.78 is 10.8. The maximum Gasteiger partial charge on any atom is 0.193 e. The molecule has 2 saturated heterocycles. The van der Waals surface area contributed by atoms with Crippen LogP contribution in [0.15, 0.2) is 4.99 Å². The Morgan fingerprint density at radius 1 is 1.19 bits per heavy atom. The number of nitrogens with one attached hydrogen (secondary N) is 1. The lowest BCUT2D eigenvalue weighted by Gasteiger charge is -2.30. The van der Waals surface area contributed by atoms with E-state index in [0.717, 1.165) is 38.7 Å². The topological polar surface area (TPSA) is 49.3 Å². The molecule has 2 atom stereocenters. The van der Waals surface area contributed by atoms with Crippen LogP contribution in [0.2, 0.25) is 0 Å². The van der Waals surface area contributed by atoms with Gasteiger partial charge in [0.15, 0.2) is 5.96 Å². The molecule has 26 heavy (non-hydrogen) atoms. The molecule has 0 aromatic heterocycles. The second-order valence-electron chi connectivity index (χ2n) is 7.92. The number of rotatable bonds is 10. The number of methoxy groups -OCH3 is 1. The van der Waals surface area contributed by atoms with Gasteiger partial charge < -0.3 is 19.7 Å². The van der Waals surface area contributed by atoms with E-state index in [-0.39, 0.29) is 0 Å². The molecule has 6 heteroatoms. The molecule has 0 radical (unpaired) electrons. The summed E-state index contributed by atoms with van der Waals surface area (Å²) in [6.07, 6.45) is 3.85. The third-order valence-corrected chi connectivity index (χ3v) is 5.51. The van der Waals surface area contributed by atoms with E-state index in [9.17, 15) is 0 Å². The Hall–Kier alpha value is -0.850. The molecule has 1 N–H and O–H groups in total. The zero-order valence-corrected chi connectivity index (χ0v) is 17.4. The van der Waals surface area contributed by atoms with Crippen molar-refractivity contribution in [1.82, 2.24) is 15.1 Å². The molecule has 0 spiro atoms. The molecule has 0 aliphatic carbocycles. The largest absolute Gasteiger partial charge is 0.382 e. The van der Waals surface area contributed by atoms with Gasteiger partial charge in [0.2, 0.25) is 0 Å². The smallest absolute Gasteiger partial charge is 0.193 e. The summed E-state index contributed by atoms with van der Waals surface area (Å²) in [6.45, 7) is 15.4. The van der Waals surface area contributed by atoms with E-state index in [1.165, 1.54) is 32.4 Å². The van der Waals surface area contributed by atoms with Crippen LogP contribution in [0.1, 0.15) is 40.0 Å². The fourth-order valence-corrected chi connectivity index (χ4v) is 3.98. The summed E-state index contributed by atoms with van der Waals surface area (Å²) in [5.41, 5.74) is 0. The fraction of sp³-hybridized carbons (Fsp3) is 0.950. The summed E-state index contributed by atoms with van der Waals surface area (Å²) in [5.74, 6) is 2.31. The molecule has 0 saturated carbocycles. The van der Waals surface area contributed by atoms with E-state index in [1.807, 2.05) is 0 Å². The zero-order valence-electron chi connectivity index (χ0n) is 17.4. The van der Waals surface area contributed by atoms with Crippen LogP contribution in [0.5, 0.6) is 0 Å². The SMILES string of the molecule is CCNC(=NCC(C(C)C)N1CCCC1)N1CCC(COCCOC)C1. The van der Waals surface area contributed by atoms with E-state index >= 15 is 0 Å². The van der Waals surface area contributed by atoms with Crippen molar-refractivity contribution in [3.8, 4) is 0 Å². The number of likely N-dealkylation sites (tertiary alicyclic amines) is 2. The second kappa shape index (κ2) is 11.8. The van der Waals surface area contributed by atoms with E-state index < -0.39 is 0 Å². The summed E-state index contributed by atoms with van der Waals surface area (Å²) in [6, 6.07) is 0.557. The minimum atomic E-state index is 0.557. The quantitative estimate of drug-likeness (QED) is 0.363. The molecular weight excluding hydrogens is 328 g/mol. The Bertz CT molecular complexity index is 411. The number of guanidine groups is 1. The van der Waals surface area contributed by atoms with Crippen LogP contribution in [0, 0.1) is 11.8 Å². The third kappa shape index (κ3) is 6.71. The first-order valence-corrected chi connectivity index (χ1v) is 10.5. The van der Waals surface area contributed by atoms with Gasteiger partial charge in [-0.15, -0.1) is 0 Å². The highest BCUT2D eigenvalue weighted by Gasteiger charge is 2.27. The molecule has 2 fully saturated rings. The van der Waals surface area contributed by atoms with Crippen molar-refractivity contribution in [2.24, 2.45) is 16.8 Å². The van der Waals surface area contributed by atoms with Crippen molar-refractivity contribution < 1.29 is 9.47 Å². The first-order chi connectivity index (χ1) is 12.7. The predicted molar refractivity (Wildman–Crippen MR) is 108 cm³/mol. The van der Waals surface area contributed by atoms with Gasteiger partial charge in [-0.3, -0.25) is 9.89 Å². The van der Waals surface area contributed by atoms with Crippen LogP contribution in [0.3, 0.4) is 0 Å². The van der Waals surface area contributed by atoms with E-state index in [0.29, 0.717) is 31.1 Å². The number of aliphatic imine (C=N–C) groups is 1. The Morgan fingerprint density at radius 3 is 2.62 bits per heavy atom. The molecule has 2 rings (SSSR count). The van der Waals surface area contributed by atoms with Gasteiger partial charge in [0, 0.05) is 38.7 Å². The molecule has 2 unspecified atom stereocenters. The molecule has 0 amide bonds. The van der Waals surface area contributed by atoms with E-state index in [1.54, 1.807) is 7.11 Å². The minimum Gasteiger partial charge on any atom is -0.382 e. The Balaban J connectivity index is 1.87. The summed E-state index contributed by atoms with van der Waals surface area (Å²) >= 11 is 0. The van der Waals surface area contributed by atoms with E-state index in [2.05, 4.69) is 35.9 Å². The second-order valence-corrected chi connectivity index (χ2v) is 7.92. The van der Waals surface area contributed by atoms with Gasteiger partial charge in [-0.25, -0.2) is 0 Å². The van der Waals surface area contributed by atoms with Crippen LogP contribution >= 0.6 is 0 Å². The molecule has 0 bridgehead atoms. The molecule has 2 aliphatic rings. The number of hydrogen-bond donors (Lipinski definition) is 1. The number of ether oxygens (including phenoxy) is 2. The lowest BCUT2D eigenvalue weighted by molar-refractivity contribution is 0.0536. The molecule has 0 aromatic carbocycles. The van der Waals surface area contributed by atoms with Gasteiger partial charge in [0.05, 0.1) is 26.4 Å². The maximum atomic E-state index is 5.72. The monoisotopic (exact) mass is 368 g/mol. The average molecular weight is 369 g/mol. The van der Waals surface area contributed by atoms with Gasteiger partial charge >= 0.3 is 0 Å². The average Bonchev–Trinajstić information content (AvgIpc) is 3.30. The van der Waals surface area contributed by atoms with Gasteiger partial charge in [0.1, 0.15) is 0 Å². The minimum absolute atomic E-state index is 0.557. The normalized spacial score (nSPS) is 23.2. The van der Waals surface area contributed by atoms with Gasteiger partial charge in [-0.2, -0.15) is 0 Å². The molecule has 2 aliphatic heterocycles. The fourth-order valence-electron chi connectivity index (χ4n) is 3.98. The van der Waals surface area contributed by atoms with Gasteiger partial charge in [0.25, 0.3) is 0 Å². The van der Waals surface area contributed by atoms with Crippen LogP contribution < -0.4 is 5.32 Å². The van der Waals surface area contributed by atoms with Crippen molar-refractivity contribution in [2.75, 3.05) is 66.2 Å². The van der Waals surface area contributed by atoms with Crippen molar-refractivity contribution in [3.05, 3.63) is 0 Å². The third-order valence-electron chi connectivity index (χ3n) is 5.51. The summed E-state index contributed by atoms with van der Waals surface area (Å²) in [5, 5.41) is 3.50. The van der Waals surface area contributed by atoms with E-state index in [4.69, 9.17) is 14.5 Å². The van der Waals surface area contributed by atoms with Crippen LogP contribution in [0.4, 0.5) is 0 Å². The van der Waals surface area contributed by atoms with Crippen molar-refractivity contribution in [1.29, 1.82) is 0 Å². The maximum absolute atomic E-state index is 5.72. The molecule has 2 heterocycles. The first-order valence-electron chi connectivity index (χ1n) is 10.5. The molecule has 0 aromatic rings. The standard InChI is InChI=1S/C20H40N4O2/c1-5-21-20(22-14-19(17(2)3)23-9-6-7-10-23)24-11-8-18(15-24)16-26-13-12-25-4/h17-19H,5-16H2,1-4H3,(H,21,22). The Labute approximate surface area is 160 Å². The van der Waals surface area contributed by atoms with Crippen molar-refractivity contribution >= 4 is 5.96 Å². The van der Waals surface area contributed by atoms with Gasteiger partial charge in [-0.05, 0) is 45.2 Å². The lowest BCUT2D eigenvalue weighted by Crippen LogP contribution is -2.43.